The summed E-state index contributed by atoms with van der Waals surface area (Å²) >= 11 is 12.4. The smallest absolute Gasteiger partial charge is 0.349 e. The Morgan fingerprint density at radius 2 is 1.80 bits per heavy atom. The third-order valence-electron chi connectivity index (χ3n) is 3.89. The Kier molecular flexibility index (Phi) is 5.64. The van der Waals surface area contributed by atoms with E-state index in [1.807, 2.05) is 4.98 Å². The van der Waals surface area contributed by atoms with E-state index in [2.05, 4.69) is 10.2 Å². The lowest BCUT2D eigenvalue weighted by atomic mass is 10.1. The first-order valence-corrected chi connectivity index (χ1v) is 9.02. The number of benzene rings is 1. The normalized spacial score (nSPS) is 10.8. The molecule has 154 valence electrons. The van der Waals surface area contributed by atoms with Gasteiger partial charge in [-0.1, -0.05) is 47.0 Å². The van der Waals surface area contributed by atoms with Gasteiger partial charge in [0.1, 0.15) is 6.07 Å². The van der Waals surface area contributed by atoms with Crippen molar-refractivity contribution in [2.75, 3.05) is 0 Å². The number of aromatic amines is 1. The van der Waals surface area contributed by atoms with E-state index in [1.54, 1.807) is 19.9 Å². The first-order valence-electron chi connectivity index (χ1n) is 8.27. The molecule has 0 unspecified atom stereocenters. The summed E-state index contributed by atoms with van der Waals surface area (Å²) in [4.78, 5) is 37.5. The number of rotatable bonds is 4. The Balaban J connectivity index is 2.08. The van der Waals surface area contributed by atoms with Crippen LogP contribution in [0.25, 0.3) is 5.69 Å². The Bertz CT molecular complexity index is 1350. The number of hydrogen-bond donors (Lipinski definition) is 2. The van der Waals surface area contributed by atoms with Gasteiger partial charge in [0.2, 0.25) is 11.6 Å². The Morgan fingerprint density at radius 3 is 2.37 bits per heavy atom. The van der Waals surface area contributed by atoms with Crippen molar-refractivity contribution in [1.29, 1.82) is 5.26 Å². The maximum Gasteiger partial charge on any atom is 0.349 e. The largest absolute Gasteiger partial charge is 0.434 e. The van der Waals surface area contributed by atoms with E-state index in [9.17, 15) is 19.6 Å². The highest BCUT2D eigenvalue weighted by Gasteiger charge is 2.18. The van der Waals surface area contributed by atoms with Crippen LogP contribution in [-0.2, 0) is 0 Å². The lowest BCUT2D eigenvalue weighted by molar-refractivity contribution is 0.127. The Labute approximate surface area is 177 Å². The molecule has 2 heterocycles. The quantitative estimate of drug-likeness (QED) is 0.569. The average molecular weight is 451 g/mol. The molecule has 0 aliphatic heterocycles. The molecule has 0 atom stereocenters. The highest BCUT2D eigenvalue weighted by Crippen LogP contribution is 2.37. The molecule has 3 aromatic rings. The molecular formula is C17H12Cl2N6O5. The van der Waals surface area contributed by atoms with Gasteiger partial charge in [-0.05, 0) is 18.1 Å². The summed E-state index contributed by atoms with van der Waals surface area (Å²) in [5.74, 6) is -0.438. The van der Waals surface area contributed by atoms with Crippen molar-refractivity contribution in [2.24, 2.45) is 0 Å². The highest BCUT2D eigenvalue weighted by atomic mass is 35.5. The van der Waals surface area contributed by atoms with Crippen LogP contribution in [0.1, 0.15) is 31.0 Å². The average Bonchev–Trinajstić information content (AvgIpc) is 2.67. The predicted octanol–water partition coefficient (Wildman–Crippen LogP) is 1.81. The molecule has 0 bridgehead atoms. The van der Waals surface area contributed by atoms with E-state index >= 15 is 0 Å². The lowest BCUT2D eigenvalue weighted by Crippen LogP contribution is -2.33. The van der Waals surface area contributed by atoms with Crippen LogP contribution in [-0.4, -0.2) is 29.9 Å². The zero-order valence-electron chi connectivity index (χ0n) is 15.4. The summed E-state index contributed by atoms with van der Waals surface area (Å²) in [6, 6.07) is 5.42. The Morgan fingerprint density at radius 1 is 1.17 bits per heavy atom. The molecule has 0 spiro atoms. The number of halogens is 2. The van der Waals surface area contributed by atoms with Crippen LogP contribution in [0.4, 0.5) is 0 Å². The Hall–Kier alpha value is -3.62. The van der Waals surface area contributed by atoms with Crippen molar-refractivity contribution in [2.45, 2.75) is 19.8 Å². The van der Waals surface area contributed by atoms with Crippen LogP contribution < -0.4 is 21.5 Å². The summed E-state index contributed by atoms with van der Waals surface area (Å²) in [6.07, 6.45) is 0. The fourth-order valence-electron chi connectivity index (χ4n) is 2.46. The van der Waals surface area contributed by atoms with Crippen LogP contribution in [0.15, 0.2) is 32.6 Å². The number of aromatic nitrogens is 5. The minimum absolute atomic E-state index is 0.0538. The number of nitrogens with one attached hydrogen (secondary N) is 1. The second kappa shape index (κ2) is 8.02. The monoisotopic (exact) mass is 450 g/mol. The van der Waals surface area contributed by atoms with E-state index in [-0.39, 0.29) is 43.7 Å². The minimum atomic E-state index is -0.929. The van der Waals surface area contributed by atoms with E-state index in [4.69, 9.17) is 33.2 Å². The molecule has 0 radical (unpaired) electrons. The minimum Gasteiger partial charge on any atom is -0.434 e. The summed E-state index contributed by atoms with van der Waals surface area (Å²) < 4.78 is 6.28. The van der Waals surface area contributed by atoms with Crippen molar-refractivity contribution in [3.63, 3.8) is 0 Å². The van der Waals surface area contributed by atoms with Crippen molar-refractivity contribution in [3.8, 4) is 23.4 Å². The lowest BCUT2D eigenvalue weighted by Gasteiger charge is -2.13. The van der Waals surface area contributed by atoms with Crippen molar-refractivity contribution in [1.82, 2.24) is 24.7 Å². The van der Waals surface area contributed by atoms with Crippen LogP contribution in [0.3, 0.4) is 0 Å². The number of hydrogen-bond acceptors (Lipinski definition) is 8. The molecule has 0 aliphatic carbocycles. The molecule has 2 aromatic heterocycles. The van der Waals surface area contributed by atoms with Crippen LogP contribution in [0.2, 0.25) is 10.0 Å². The van der Waals surface area contributed by atoms with Gasteiger partial charge < -0.3 is 9.94 Å². The summed E-state index contributed by atoms with van der Waals surface area (Å²) in [7, 11) is 0. The molecular weight excluding hydrogens is 439 g/mol. The first kappa shape index (κ1) is 21.1. The van der Waals surface area contributed by atoms with E-state index in [0.717, 1.165) is 4.68 Å². The second-order valence-corrected chi connectivity index (χ2v) is 7.07. The van der Waals surface area contributed by atoms with Crippen molar-refractivity contribution >= 4 is 23.2 Å². The molecule has 2 N–H and O–H groups in total. The summed E-state index contributed by atoms with van der Waals surface area (Å²) in [5.41, 5.74) is -2.76. The van der Waals surface area contributed by atoms with Gasteiger partial charge in [0.05, 0.1) is 15.7 Å². The molecule has 3 rings (SSSR count). The molecule has 30 heavy (non-hydrogen) atoms. The highest BCUT2D eigenvalue weighted by molar-refractivity contribution is 6.37. The zero-order chi connectivity index (χ0) is 22.2. The molecule has 0 aliphatic rings. The number of nitriles is 1. The van der Waals surface area contributed by atoms with Crippen molar-refractivity contribution < 1.29 is 9.94 Å². The molecule has 0 saturated heterocycles. The molecule has 11 nitrogen and oxygen atoms in total. The molecule has 0 amide bonds. The molecule has 13 heteroatoms. The van der Waals surface area contributed by atoms with Gasteiger partial charge in [-0.25, -0.2) is 4.79 Å². The van der Waals surface area contributed by atoms with Gasteiger partial charge in [0.15, 0.2) is 5.75 Å². The second-order valence-electron chi connectivity index (χ2n) is 6.26. The fourth-order valence-corrected chi connectivity index (χ4v) is 3.01. The van der Waals surface area contributed by atoms with E-state index in [0.29, 0.717) is 0 Å². The van der Waals surface area contributed by atoms with Gasteiger partial charge in [-0.3, -0.25) is 14.6 Å². The summed E-state index contributed by atoms with van der Waals surface area (Å²) in [5, 5.41) is 25.7. The van der Waals surface area contributed by atoms with Gasteiger partial charge in [0, 0.05) is 11.6 Å². The number of ether oxygens (including phenoxy) is 1. The maximum atomic E-state index is 12.0. The van der Waals surface area contributed by atoms with E-state index < -0.39 is 22.5 Å². The standard InChI is InChI=1S/C17H12Cl2N6O5/c1-7(2)9-5-13(23-25(29)16(9)27)30-14-10(18)3-8(4-11(14)19)24-17(28)21-15(26)12(6-20)22-24/h3-5,7,29H,1-2H3,(H,21,26,28). The molecule has 0 saturated carbocycles. The predicted molar refractivity (Wildman–Crippen MR) is 105 cm³/mol. The third kappa shape index (κ3) is 3.91. The topological polar surface area (TPSA) is 156 Å². The molecule has 0 fully saturated rings. The van der Waals surface area contributed by atoms with Gasteiger partial charge >= 0.3 is 11.2 Å². The first-order chi connectivity index (χ1) is 14.1. The maximum absolute atomic E-state index is 12.0. The van der Waals surface area contributed by atoms with E-state index in [1.165, 1.54) is 18.2 Å². The summed E-state index contributed by atoms with van der Waals surface area (Å²) in [6.45, 7) is 3.50. The van der Waals surface area contributed by atoms with Gasteiger partial charge in [-0.15, -0.1) is 5.10 Å². The van der Waals surface area contributed by atoms with Gasteiger partial charge in [-0.2, -0.15) is 9.94 Å². The van der Waals surface area contributed by atoms with Gasteiger partial charge in [0.25, 0.3) is 5.56 Å². The van der Waals surface area contributed by atoms with Crippen molar-refractivity contribution in [3.05, 3.63) is 70.7 Å². The van der Waals surface area contributed by atoms with Crippen LogP contribution >= 0.6 is 23.2 Å². The fraction of sp³-hybridized carbons (Fsp3) is 0.176. The third-order valence-corrected chi connectivity index (χ3v) is 4.45. The van der Waals surface area contributed by atoms with Crippen LogP contribution in [0, 0.1) is 11.3 Å². The number of nitrogens with zero attached hydrogens (tertiary/aromatic N) is 5. The zero-order valence-corrected chi connectivity index (χ0v) is 16.9. The molecule has 1 aromatic carbocycles. The van der Waals surface area contributed by atoms with Crippen LogP contribution in [0.5, 0.6) is 11.6 Å². The SMILES string of the molecule is CC(C)c1cc(Oc2c(Cl)cc(-n3nc(C#N)c(=O)[nH]c3=O)cc2Cl)nn(O)c1=O. The number of H-pyrrole nitrogens is 1.